The molecule has 0 spiro atoms. The zero-order chi connectivity index (χ0) is 21.7. The summed E-state index contributed by atoms with van der Waals surface area (Å²) in [7, 11) is 0. The fourth-order valence-electron chi connectivity index (χ4n) is 3.67. The summed E-state index contributed by atoms with van der Waals surface area (Å²) in [5.74, 6) is 0.857. The molecule has 4 rings (SSSR count). The molecule has 1 unspecified atom stereocenters. The van der Waals surface area contributed by atoms with Crippen molar-refractivity contribution in [2.45, 2.75) is 20.0 Å². The fraction of sp³-hybridized carbons (Fsp3) is 0.333. The predicted molar refractivity (Wildman–Crippen MR) is 112 cm³/mol. The first-order valence-corrected chi connectivity index (χ1v) is 10.1. The first-order chi connectivity index (χ1) is 14.1. The van der Waals surface area contributed by atoms with Crippen LogP contribution in [-0.2, 0) is 6.18 Å². The molecule has 2 aliphatic rings. The number of amidine groups is 1. The smallest absolute Gasteiger partial charge is 0.416 e. The number of nitrogens with zero attached hydrogens (tertiary/aromatic N) is 3. The molecule has 2 aromatic rings. The third-order valence-corrected chi connectivity index (χ3v) is 6.06. The Hall–Kier alpha value is -2.25. The Bertz CT molecular complexity index is 1030. The quantitative estimate of drug-likeness (QED) is 0.301. The van der Waals surface area contributed by atoms with Gasteiger partial charge in [0.2, 0.25) is 5.29 Å². The van der Waals surface area contributed by atoms with Crippen molar-refractivity contribution in [3.05, 3.63) is 58.6 Å². The van der Waals surface area contributed by atoms with Gasteiger partial charge >= 0.3 is 6.18 Å². The highest BCUT2D eigenvalue weighted by molar-refractivity contribution is 6.64. The molecule has 2 heterocycles. The summed E-state index contributed by atoms with van der Waals surface area (Å²) in [6, 6.07) is 9.91. The zero-order valence-corrected chi connectivity index (χ0v) is 17.7. The lowest BCUT2D eigenvalue weighted by atomic mass is 9.71. The normalized spacial score (nSPS) is 21.3. The Morgan fingerprint density at radius 2 is 1.90 bits per heavy atom. The molecule has 0 N–H and O–H groups in total. The zero-order valence-electron chi connectivity index (χ0n) is 16.2. The number of hydrogen-bond acceptors (Lipinski definition) is 3. The minimum Gasteiger partial charge on any atom is -0.492 e. The maximum absolute atomic E-state index is 12.8. The van der Waals surface area contributed by atoms with Crippen LogP contribution in [0.1, 0.15) is 25.0 Å². The van der Waals surface area contributed by atoms with Crippen molar-refractivity contribution in [2.75, 3.05) is 13.2 Å². The number of rotatable bonds is 2. The van der Waals surface area contributed by atoms with E-state index in [0.717, 1.165) is 23.4 Å². The van der Waals surface area contributed by atoms with Gasteiger partial charge in [-0.1, -0.05) is 25.4 Å². The number of aliphatic imine (C=N–C) groups is 1. The summed E-state index contributed by atoms with van der Waals surface area (Å²) in [5.41, 5.74) is 0.870. The Morgan fingerprint density at radius 3 is 2.53 bits per heavy atom. The second-order valence-corrected chi connectivity index (χ2v) is 8.45. The van der Waals surface area contributed by atoms with Gasteiger partial charge in [-0.3, -0.25) is 0 Å². The number of fused-ring (bicyclic) bond motifs is 3. The first kappa shape index (κ1) is 21.0. The number of ether oxygens (including phenoxy) is 1. The Kier molecular flexibility index (Phi) is 5.22. The molecule has 0 saturated heterocycles. The fourth-order valence-corrected chi connectivity index (χ4v) is 4.03. The van der Waals surface area contributed by atoms with Crippen molar-refractivity contribution in [3.8, 4) is 5.75 Å². The van der Waals surface area contributed by atoms with Crippen LogP contribution < -0.4 is 4.74 Å². The van der Waals surface area contributed by atoms with Crippen molar-refractivity contribution < 1.29 is 17.9 Å². The SMILES string of the molecule is CC(C)C12COc3cc(Cl)ccc3C1=NN(/C(Cl)=N/c1ccc(C(F)(F)F)cc1)C2. The van der Waals surface area contributed by atoms with E-state index >= 15 is 0 Å². The lowest BCUT2D eigenvalue weighted by molar-refractivity contribution is -0.137. The van der Waals surface area contributed by atoms with Gasteiger partial charge < -0.3 is 4.74 Å². The van der Waals surface area contributed by atoms with E-state index in [4.69, 9.17) is 33.0 Å². The maximum atomic E-state index is 12.8. The summed E-state index contributed by atoms with van der Waals surface area (Å²) >= 11 is 12.5. The van der Waals surface area contributed by atoms with Gasteiger partial charge in [0.25, 0.3) is 0 Å². The second-order valence-electron chi connectivity index (χ2n) is 7.67. The van der Waals surface area contributed by atoms with Gasteiger partial charge in [0.15, 0.2) is 0 Å². The topological polar surface area (TPSA) is 37.2 Å². The van der Waals surface area contributed by atoms with Crippen LogP contribution in [0, 0.1) is 11.3 Å². The number of hydrazone groups is 1. The molecule has 0 aliphatic carbocycles. The van der Waals surface area contributed by atoms with E-state index in [1.807, 2.05) is 6.07 Å². The maximum Gasteiger partial charge on any atom is 0.416 e. The van der Waals surface area contributed by atoms with Gasteiger partial charge in [-0.2, -0.15) is 18.3 Å². The van der Waals surface area contributed by atoms with Crippen LogP contribution in [0.3, 0.4) is 0 Å². The third kappa shape index (κ3) is 3.65. The highest BCUT2D eigenvalue weighted by atomic mass is 35.5. The number of halogens is 5. The van der Waals surface area contributed by atoms with Gasteiger partial charge in [0, 0.05) is 10.6 Å². The molecular weight excluding hydrogens is 438 g/mol. The van der Waals surface area contributed by atoms with E-state index in [-0.39, 0.29) is 11.2 Å². The summed E-state index contributed by atoms with van der Waals surface area (Å²) in [4.78, 5) is 4.25. The van der Waals surface area contributed by atoms with Gasteiger partial charge in [0.1, 0.15) is 12.4 Å². The standard InChI is InChI=1S/C21H18Cl2F3N3O/c1-12(2)20-10-29(19(23)27-15-6-3-13(4-7-15)21(24,25)26)28-18(20)16-8-5-14(22)9-17(16)30-11-20/h3-9,12H,10-11H2,1-2H3/b27-19+. The van der Waals surface area contributed by atoms with Gasteiger partial charge in [0.05, 0.1) is 28.9 Å². The molecule has 9 heteroatoms. The Labute approximate surface area is 181 Å². The van der Waals surface area contributed by atoms with Gasteiger partial charge in [-0.25, -0.2) is 10.0 Å². The van der Waals surface area contributed by atoms with Crippen LogP contribution in [0.15, 0.2) is 52.6 Å². The molecule has 0 fully saturated rings. The van der Waals surface area contributed by atoms with Crippen LogP contribution in [0.2, 0.25) is 5.02 Å². The molecule has 0 bridgehead atoms. The van der Waals surface area contributed by atoms with Gasteiger partial charge in [-0.15, -0.1) is 0 Å². The number of alkyl halides is 3. The van der Waals surface area contributed by atoms with E-state index in [1.165, 1.54) is 12.1 Å². The van der Waals surface area contributed by atoms with E-state index in [2.05, 4.69) is 18.8 Å². The van der Waals surface area contributed by atoms with Crippen LogP contribution in [0.25, 0.3) is 0 Å². The molecule has 1 atom stereocenters. The summed E-state index contributed by atoms with van der Waals surface area (Å²) < 4.78 is 44.3. The summed E-state index contributed by atoms with van der Waals surface area (Å²) in [6.07, 6.45) is -4.40. The Morgan fingerprint density at radius 1 is 1.20 bits per heavy atom. The molecule has 2 aromatic carbocycles. The van der Waals surface area contributed by atoms with Crippen molar-refractivity contribution in [1.29, 1.82) is 0 Å². The largest absolute Gasteiger partial charge is 0.492 e. The molecule has 0 radical (unpaired) electrons. The molecule has 4 nitrogen and oxygen atoms in total. The highest BCUT2D eigenvalue weighted by Gasteiger charge is 2.50. The van der Waals surface area contributed by atoms with Crippen LogP contribution in [0.5, 0.6) is 5.75 Å². The van der Waals surface area contributed by atoms with E-state index < -0.39 is 17.2 Å². The summed E-state index contributed by atoms with van der Waals surface area (Å²) in [6.45, 7) is 5.04. The minimum absolute atomic E-state index is 0.0761. The van der Waals surface area contributed by atoms with Crippen molar-refractivity contribution in [3.63, 3.8) is 0 Å². The lowest BCUT2D eigenvalue weighted by Gasteiger charge is -2.38. The lowest BCUT2D eigenvalue weighted by Crippen LogP contribution is -2.47. The van der Waals surface area contributed by atoms with Crippen LogP contribution in [0.4, 0.5) is 18.9 Å². The van der Waals surface area contributed by atoms with Crippen molar-refractivity contribution in [2.24, 2.45) is 21.4 Å². The van der Waals surface area contributed by atoms with E-state index in [9.17, 15) is 13.2 Å². The van der Waals surface area contributed by atoms with Crippen molar-refractivity contribution in [1.82, 2.24) is 5.01 Å². The van der Waals surface area contributed by atoms with Crippen LogP contribution >= 0.6 is 23.2 Å². The minimum atomic E-state index is -4.40. The molecule has 158 valence electrons. The molecule has 2 aliphatic heterocycles. The Balaban J connectivity index is 1.67. The molecule has 0 aromatic heterocycles. The van der Waals surface area contributed by atoms with Crippen molar-refractivity contribution >= 4 is 39.9 Å². The molecule has 30 heavy (non-hydrogen) atoms. The molecular formula is C21H18Cl2F3N3O. The highest BCUT2D eigenvalue weighted by Crippen LogP contribution is 2.45. The molecule has 0 amide bonds. The van der Waals surface area contributed by atoms with E-state index in [1.54, 1.807) is 17.1 Å². The number of benzene rings is 2. The predicted octanol–water partition coefficient (Wildman–Crippen LogP) is 6.34. The molecule has 0 saturated carbocycles. The van der Waals surface area contributed by atoms with Gasteiger partial charge in [-0.05, 0) is 60.0 Å². The van der Waals surface area contributed by atoms with Crippen LogP contribution in [-0.4, -0.2) is 29.2 Å². The second kappa shape index (κ2) is 7.46. The van der Waals surface area contributed by atoms with E-state index in [0.29, 0.717) is 29.6 Å². The third-order valence-electron chi connectivity index (χ3n) is 5.54. The number of hydrogen-bond donors (Lipinski definition) is 0. The first-order valence-electron chi connectivity index (χ1n) is 9.31. The summed E-state index contributed by atoms with van der Waals surface area (Å²) in [5, 5.41) is 6.93. The average molecular weight is 456 g/mol. The average Bonchev–Trinajstić information content (AvgIpc) is 3.09. The monoisotopic (exact) mass is 455 g/mol.